The van der Waals surface area contributed by atoms with Crippen molar-refractivity contribution in [1.82, 2.24) is 0 Å². The molecule has 0 amide bonds. The Labute approximate surface area is 110 Å². The molecule has 1 fully saturated rings. The predicted octanol–water partition coefficient (Wildman–Crippen LogP) is 3.93. The molecule has 1 heterocycles. The molecule has 0 bridgehead atoms. The molecule has 0 aliphatic carbocycles. The molecule has 2 nitrogen and oxygen atoms in total. The van der Waals surface area contributed by atoms with Gasteiger partial charge in [0.15, 0.2) is 0 Å². The minimum atomic E-state index is 0.115. The van der Waals surface area contributed by atoms with Crippen LogP contribution in [0.5, 0.6) is 5.75 Å². The third-order valence-corrected chi connectivity index (χ3v) is 3.39. The van der Waals surface area contributed by atoms with Crippen LogP contribution >= 0.6 is 0 Å². The maximum absolute atomic E-state index is 5.98. The van der Waals surface area contributed by atoms with Gasteiger partial charge in [0, 0.05) is 6.61 Å². The summed E-state index contributed by atoms with van der Waals surface area (Å²) in [5.74, 6) is 0.999. The molecular formula is C16H24O2. The van der Waals surface area contributed by atoms with E-state index in [1.807, 2.05) is 6.07 Å². The highest BCUT2D eigenvalue weighted by atomic mass is 16.5. The SMILES string of the molecule is CC(C)(C)c1ccccc1OCC1CCCCO1. The van der Waals surface area contributed by atoms with E-state index in [9.17, 15) is 0 Å². The number of hydrogen-bond acceptors (Lipinski definition) is 2. The molecule has 0 aromatic heterocycles. The van der Waals surface area contributed by atoms with Crippen LogP contribution in [0.4, 0.5) is 0 Å². The minimum Gasteiger partial charge on any atom is -0.491 e. The van der Waals surface area contributed by atoms with Crippen molar-refractivity contribution >= 4 is 0 Å². The van der Waals surface area contributed by atoms with Gasteiger partial charge < -0.3 is 9.47 Å². The fourth-order valence-electron chi connectivity index (χ4n) is 2.33. The van der Waals surface area contributed by atoms with E-state index in [0.717, 1.165) is 18.8 Å². The molecule has 1 saturated heterocycles. The van der Waals surface area contributed by atoms with Crippen LogP contribution < -0.4 is 4.74 Å². The summed E-state index contributed by atoms with van der Waals surface area (Å²) in [7, 11) is 0. The van der Waals surface area contributed by atoms with E-state index in [1.54, 1.807) is 0 Å². The Morgan fingerprint density at radius 1 is 1.22 bits per heavy atom. The summed E-state index contributed by atoms with van der Waals surface area (Å²) < 4.78 is 11.7. The van der Waals surface area contributed by atoms with Crippen LogP contribution in [0.1, 0.15) is 45.6 Å². The molecule has 1 aliphatic rings. The Kier molecular flexibility index (Phi) is 4.28. The molecular weight excluding hydrogens is 224 g/mol. The average molecular weight is 248 g/mol. The lowest BCUT2D eigenvalue weighted by atomic mass is 9.86. The highest BCUT2D eigenvalue weighted by Gasteiger charge is 2.20. The van der Waals surface area contributed by atoms with Gasteiger partial charge in [0.2, 0.25) is 0 Å². The monoisotopic (exact) mass is 248 g/mol. The summed E-state index contributed by atoms with van der Waals surface area (Å²) in [6, 6.07) is 8.32. The zero-order chi connectivity index (χ0) is 13.0. The van der Waals surface area contributed by atoms with E-state index in [0.29, 0.717) is 6.61 Å². The molecule has 0 radical (unpaired) electrons. The normalized spacial score (nSPS) is 20.7. The summed E-state index contributed by atoms with van der Waals surface area (Å²) in [6.45, 7) is 8.20. The molecule has 1 atom stereocenters. The summed E-state index contributed by atoms with van der Waals surface area (Å²) in [6.07, 6.45) is 3.84. The summed E-state index contributed by atoms with van der Waals surface area (Å²) in [5.41, 5.74) is 1.38. The minimum absolute atomic E-state index is 0.115. The first-order valence-corrected chi connectivity index (χ1v) is 6.91. The largest absolute Gasteiger partial charge is 0.491 e. The van der Waals surface area contributed by atoms with Crippen LogP contribution in [0.3, 0.4) is 0 Å². The van der Waals surface area contributed by atoms with Gasteiger partial charge in [-0.1, -0.05) is 39.0 Å². The van der Waals surface area contributed by atoms with E-state index in [1.165, 1.54) is 18.4 Å². The van der Waals surface area contributed by atoms with Crippen molar-refractivity contribution in [3.8, 4) is 5.75 Å². The number of hydrogen-bond donors (Lipinski definition) is 0. The quantitative estimate of drug-likeness (QED) is 0.807. The zero-order valence-corrected chi connectivity index (χ0v) is 11.7. The molecule has 1 aliphatic heterocycles. The second kappa shape index (κ2) is 5.75. The van der Waals surface area contributed by atoms with Gasteiger partial charge in [-0.05, 0) is 36.3 Å². The predicted molar refractivity (Wildman–Crippen MR) is 74.2 cm³/mol. The van der Waals surface area contributed by atoms with Gasteiger partial charge in [0.25, 0.3) is 0 Å². The maximum Gasteiger partial charge on any atom is 0.123 e. The van der Waals surface area contributed by atoms with Gasteiger partial charge in [0.1, 0.15) is 12.4 Å². The lowest BCUT2D eigenvalue weighted by Crippen LogP contribution is -2.26. The van der Waals surface area contributed by atoms with Crippen molar-refractivity contribution in [2.45, 2.75) is 51.6 Å². The number of rotatable bonds is 3. The zero-order valence-electron chi connectivity index (χ0n) is 11.7. The Morgan fingerprint density at radius 3 is 2.67 bits per heavy atom. The first-order valence-electron chi connectivity index (χ1n) is 6.91. The first kappa shape index (κ1) is 13.4. The van der Waals surface area contributed by atoms with Crippen molar-refractivity contribution in [2.24, 2.45) is 0 Å². The van der Waals surface area contributed by atoms with Crippen LogP contribution in [-0.4, -0.2) is 19.3 Å². The van der Waals surface area contributed by atoms with Crippen LogP contribution in [0, 0.1) is 0 Å². The Bertz CT molecular complexity index is 373. The van der Waals surface area contributed by atoms with E-state index in [4.69, 9.17) is 9.47 Å². The van der Waals surface area contributed by atoms with Crippen LogP contribution in [0.15, 0.2) is 24.3 Å². The lowest BCUT2D eigenvalue weighted by Gasteiger charge is -2.26. The molecule has 1 aromatic carbocycles. The molecule has 18 heavy (non-hydrogen) atoms. The van der Waals surface area contributed by atoms with Crippen molar-refractivity contribution in [3.05, 3.63) is 29.8 Å². The third kappa shape index (κ3) is 3.49. The molecule has 0 saturated carbocycles. The standard InChI is InChI=1S/C16H24O2/c1-16(2,3)14-9-4-5-10-15(14)18-12-13-8-6-7-11-17-13/h4-5,9-10,13H,6-8,11-12H2,1-3H3. The molecule has 2 heteroatoms. The maximum atomic E-state index is 5.98. The Morgan fingerprint density at radius 2 is 2.00 bits per heavy atom. The van der Waals surface area contributed by atoms with E-state index in [2.05, 4.69) is 39.0 Å². The summed E-state index contributed by atoms with van der Waals surface area (Å²) in [5, 5.41) is 0. The van der Waals surface area contributed by atoms with Crippen molar-refractivity contribution in [3.63, 3.8) is 0 Å². The second-order valence-electron chi connectivity index (χ2n) is 6.05. The molecule has 1 aromatic rings. The van der Waals surface area contributed by atoms with Crippen molar-refractivity contribution < 1.29 is 9.47 Å². The smallest absolute Gasteiger partial charge is 0.123 e. The summed E-state index contributed by atoms with van der Waals surface area (Å²) in [4.78, 5) is 0. The topological polar surface area (TPSA) is 18.5 Å². The van der Waals surface area contributed by atoms with Gasteiger partial charge in [-0.15, -0.1) is 0 Å². The summed E-state index contributed by atoms with van der Waals surface area (Å²) >= 11 is 0. The molecule has 0 spiro atoms. The molecule has 1 unspecified atom stereocenters. The fraction of sp³-hybridized carbons (Fsp3) is 0.625. The number of ether oxygens (including phenoxy) is 2. The van der Waals surface area contributed by atoms with E-state index < -0.39 is 0 Å². The van der Waals surface area contributed by atoms with E-state index >= 15 is 0 Å². The van der Waals surface area contributed by atoms with Gasteiger partial charge >= 0.3 is 0 Å². The lowest BCUT2D eigenvalue weighted by molar-refractivity contribution is -0.0113. The van der Waals surface area contributed by atoms with Gasteiger partial charge in [-0.3, -0.25) is 0 Å². The van der Waals surface area contributed by atoms with E-state index in [-0.39, 0.29) is 11.5 Å². The highest BCUT2D eigenvalue weighted by Crippen LogP contribution is 2.31. The van der Waals surface area contributed by atoms with Crippen molar-refractivity contribution in [2.75, 3.05) is 13.2 Å². The molecule has 2 rings (SSSR count). The Hall–Kier alpha value is -1.02. The molecule has 100 valence electrons. The van der Waals surface area contributed by atoms with Crippen LogP contribution in [-0.2, 0) is 10.2 Å². The van der Waals surface area contributed by atoms with Gasteiger partial charge in [-0.25, -0.2) is 0 Å². The fourth-order valence-corrected chi connectivity index (χ4v) is 2.33. The Balaban J connectivity index is 2.00. The first-order chi connectivity index (χ1) is 8.57. The third-order valence-electron chi connectivity index (χ3n) is 3.39. The number of benzene rings is 1. The van der Waals surface area contributed by atoms with Crippen LogP contribution in [0.2, 0.25) is 0 Å². The number of para-hydroxylation sites is 1. The average Bonchev–Trinajstić information content (AvgIpc) is 2.37. The van der Waals surface area contributed by atoms with Crippen LogP contribution in [0.25, 0.3) is 0 Å². The van der Waals surface area contributed by atoms with Crippen molar-refractivity contribution in [1.29, 1.82) is 0 Å². The second-order valence-corrected chi connectivity index (χ2v) is 6.05. The molecule has 0 N–H and O–H groups in total. The van der Waals surface area contributed by atoms with Gasteiger partial charge in [0.05, 0.1) is 6.10 Å². The van der Waals surface area contributed by atoms with Gasteiger partial charge in [-0.2, -0.15) is 0 Å². The highest BCUT2D eigenvalue weighted by molar-refractivity contribution is 5.38.